The van der Waals surface area contributed by atoms with Crippen LogP contribution >= 0.6 is 0 Å². The third-order valence-electron chi connectivity index (χ3n) is 8.88. The van der Waals surface area contributed by atoms with Crippen molar-refractivity contribution in [2.45, 2.75) is 25.7 Å². The van der Waals surface area contributed by atoms with Gasteiger partial charge in [-0.15, -0.1) is 0 Å². The van der Waals surface area contributed by atoms with Crippen LogP contribution in [0.5, 0.6) is 0 Å². The van der Waals surface area contributed by atoms with E-state index in [-0.39, 0.29) is 0 Å². The van der Waals surface area contributed by atoms with E-state index in [1.165, 1.54) is 25.7 Å². The van der Waals surface area contributed by atoms with Gasteiger partial charge in [0.25, 0.3) is 0 Å². The van der Waals surface area contributed by atoms with Gasteiger partial charge in [-0.1, -0.05) is 97.2 Å². The van der Waals surface area contributed by atoms with Crippen LogP contribution in [0.25, 0.3) is 0 Å². The van der Waals surface area contributed by atoms with Crippen LogP contribution < -0.4 is 0 Å². The van der Waals surface area contributed by atoms with E-state index < -0.39 is 0 Å². The maximum atomic E-state index is 2.47. The van der Waals surface area contributed by atoms with Gasteiger partial charge in [-0.2, -0.15) is 0 Å². The van der Waals surface area contributed by atoms with Gasteiger partial charge in [-0.25, -0.2) is 0 Å². The van der Waals surface area contributed by atoms with E-state index >= 15 is 0 Å². The zero-order valence-electron chi connectivity index (χ0n) is 16.5. The highest BCUT2D eigenvalue weighted by Crippen LogP contribution is 2.68. The highest BCUT2D eigenvalue weighted by Gasteiger charge is 2.60. The smallest absolute Gasteiger partial charge is 0.00181 e. The van der Waals surface area contributed by atoms with E-state index in [1.54, 1.807) is 0 Å². The molecular formula is C28H30. The molecule has 0 atom stereocenters. The summed E-state index contributed by atoms with van der Waals surface area (Å²) < 4.78 is 0. The highest BCUT2D eigenvalue weighted by molar-refractivity contribution is 5.33. The second kappa shape index (κ2) is 6.21. The molecule has 0 amide bonds. The molecule has 2 saturated carbocycles. The van der Waals surface area contributed by atoms with Crippen LogP contribution in [-0.2, 0) is 0 Å². The van der Waals surface area contributed by atoms with Crippen LogP contribution in [0.15, 0.2) is 97.2 Å². The van der Waals surface area contributed by atoms with Gasteiger partial charge in [0.1, 0.15) is 0 Å². The lowest BCUT2D eigenvalue weighted by atomic mass is 9.60. The molecule has 0 aromatic carbocycles. The second-order valence-corrected chi connectivity index (χ2v) is 9.99. The molecule has 0 nitrogen and oxygen atoms in total. The van der Waals surface area contributed by atoms with E-state index in [0.717, 1.165) is 11.8 Å². The predicted octanol–water partition coefficient (Wildman–Crippen LogP) is 6.75. The fourth-order valence-corrected chi connectivity index (χ4v) is 7.72. The van der Waals surface area contributed by atoms with E-state index in [2.05, 4.69) is 97.2 Å². The summed E-state index contributed by atoms with van der Waals surface area (Å²) in [7, 11) is 0. The van der Waals surface area contributed by atoms with Gasteiger partial charge in [0.15, 0.2) is 0 Å². The Hall–Kier alpha value is -2.08. The van der Waals surface area contributed by atoms with Gasteiger partial charge in [-0.3, -0.25) is 0 Å². The molecule has 28 heavy (non-hydrogen) atoms. The van der Waals surface area contributed by atoms with Crippen LogP contribution in [0.3, 0.4) is 0 Å². The number of rotatable bonds is 4. The first-order chi connectivity index (χ1) is 13.8. The van der Waals surface area contributed by atoms with Gasteiger partial charge >= 0.3 is 0 Å². The van der Waals surface area contributed by atoms with Crippen LogP contribution in [-0.4, -0.2) is 0 Å². The van der Waals surface area contributed by atoms with Crippen molar-refractivity contribution in [1.29, 1.82) is 0 Å². The Kier molecular flexibility index (Phi) is 3.73. The Morgan fingerprint density at radius 2 is 0.571 bits per heavy atom. The largest absolute Gasteiger partial charge is 0.0770 e. The summed E-state index contributed by atoms with van der Waals surface area (Å²) in [5, 5.41) is 0. The number of hydrogen-bond acceptors (Lipinski definition) is 0. The molecular weight excluding hydrogens is 336 g/mol. The van der Waals surface area contributed by atoms with Crippen molar-refractivity contribution in [3.8, 4) is 0 Å². The van der Waals surface area contributed by atoms with Crippen molar-refractivity contribution in [2.24, 2.45) is 46.3 Å². The highest BCUT2D eigenvalue weighted by atomic mass is 14.6. The van der Waals surface area contributed by atoms with Crippen molar-refractivity contribution in [2.75, 3.05) is 0 Å². The maximum Gasteiger partial charge on any atom is 0.00181 e. The Balaban J connectivity index is 1.33. The predicted molar refractivity (Wildman–Crippen MR) is 117 cm³/mol. The summed E-state index contributed by atoms with van der Waals surface area (Å²) in [6, 6.07) is 0. The van der Waals surface area contributed by atoms with Crippen molar-refractivity contribution in [3.63, 3.8) is 0 Å². The van der Waals surface area contributed by atoms with Crippen LogP contribution in [0.2, 0.25) is 0 Å². The normalized spacial score (nSPS) is 34.9. The molecule has 0 unspecified atom stereocenters. The van der Waals surface area contributed by atoms with Gasteiger partial charge in [0, 0.05) is 23.7 Å². The Bertz CT molecular complexity index is 689. The average Bonchev–Trinajstić information content (AvgIpc) is 3.53. The minimum atomic E-state index is 0.400. The summed E-state index contributed by atoms with van der Waals surface area (Å²) in [6.45, 7) is 0. The third kappa shape index (κ3) is 2.30. The topological polar surface area (TPSA) is 0 Å². The van der Waals surface area contributed by atoms with Gasteiger partial charge < -0.3 is 0 Å². The quantitative estimate of drug-likeness (QED) is 0.516. The number of allylic oxidation sites excluding steroid dienone is 16. The van der Waals surface area contributed by atoms with E-state index in [9.17, 15) is 0 Å². The maximum absolute atomic E-state index is 2.47. The SMILES string of the molecule is C1=CC(C2(C3C=CC=C3)CC3CC(C4C=CC=C4)(C4C=CC=C4)CC3C2)C=C1. The third-order valence-corrected chi connectivity index (χ3v) is 8.88. The lowest BCUT2D eigenvalue weighted by Gasteiger charge is -2.43. The van der Waals surface area contributed by atoms with Crippen molar-refractivity contribution in [1.82, 2.24) is 0 Å². The molecule has 0 radical (unpaired) electrons. The minimum Gasteiger partial charge on any atom is -0.0770 e. The summed E-state index contributed by atoms with van der Waals surface area (Å²) in [6.07, 6.45) is 43.5. The molecule has 0 aromatic rings. The van der Waals surface area contributed by atoms with Crippen LogP contribution in [0.1, 0.15) is 25.7 Å². The molecule has 0 aromatic heterocycles. The molecule has 0 heteroatoms. The fourth-order valence-electron chi connectivity index (χ4n) is 7.72. The summed E-state index contributed by atoms with van der Waals surface area (Å²) in [5.41, 5.74) is 0.800. The fraction of sp³-hybridized carbons (Fsp3) is 0.429. The van der Waals surface area contributed by atoms with Crippen molar-refractivity contribution in [3.05, 3.63) is 97.2 Å². The molecule has 0 spiro atoms. The average molecular weight is 367 g/mol. The monoisotopic (exact) mass is 366 g/mol. The first kappa shape index (κ1) is 16.8. The summed E-state index contributed by atoms with van der Waals surface area (Å²) in [4.78, 5) is 0. The lowest BCUT2D eigenvalue weighted by Crippen LogP contribution is -2.36. The molecule has 0 N–H and O–H groups in total. The van der Waals surface area contributed by atoms with Crippen molar-refractivity contribution >= 4 is 0 Å². The van der Waals surface area contributed by atoms with Crippen molar-refractivity contribution < 1.29 is 0 Å². The second-order valence-electron chi connectivity index (χ2n) is 9.99. The summed E-state index contributed by atoms with van der Waals surface area (Å²) >= 11 is 0. The molecule has 0 aliphatic heterocycles. The molecule has 2 fully saturated rings. The number of hydrogen-bond donors (Lipinski definition) is 0. The first-order valence-electron chi connectivity index (χ1n) is 11.2. The van der Waals surface area contributed by atoms with Gasteiger partial charge in [0.2, 0.25) is 0 Å². The standard InChI is InChI=1S/C28H30/c1-2-10-23(9-1)27(24-11-3-4-12-24)17-21-19-28(20-22(21)18-27,25-13-5-6-14-25)26-15-7-8-16-26/h1-16,21-26H,17-20H2. The molecule has 142 valence electrons. The molecule has 6 rings (SSSR count). The zero-order chi connectivity index (χ0) is 18.6. The van der Waals surface area contributed by atoms with E-state index in [4.69, 9.17) is 0 Å². The zero-order valence-corrected chi connectivity index (χ0v) is 16.5. The molecule has 0 saturated heterocycles. The van der Waals surface area contributed by atoms with Gasteiger partial charge in [0.05, 0.1) is 0 Å². The van der Waals surface area contributed by atoms with Crippen LogP contribution in [0.4, 0.5) is 0 Å². The minimum absolute atomic E-state index is 0.400. The van der Waals surface area contributed by atoms with Gasteiger partial charge in [-0.05, 0) is 48.3 Å². The Morgan fingerprint density at radius 3 is 0.786 bits per heavy atom. The molecule has 6 aliphatic carbocycles. The molecule has 6 aliphatic rings. The molecule has 0 bridgehead atoms. The first-order valence-corrected chi connectivity index (χ1v) is 11.2. The Morgan fingerprint density at radius 1 is 0.357 bits per heavy atom. The molecule has 0 heterocycles. The van der Waals surface area contributed by atoms with E-state index in [0.29, 0.717) is 34.5 Å². The summed E-state index contributed by atoms with van der Waals surface area (Å²) in [5.74, 6) is 4.19. The Labute approximate surface area is 169 Å². The van der Waals surface area contributed by atoms with Crippen LogP contribution in [0, 0.1) is 46.3 Å². The lowest BCUT2D eigenvalue weighted by molar-refractivity contribution is 0.127. The van der Waals surface area contributed by atoms with E-state index in [1.807, 2.05) is 0 Å². The number of fused-ring (bicyclic) bond motifs is 1.